The number of rotatable bonds is 6. The normalized spacial score (nSPS) is 10.9. The maximum Gasteiger partial charge on any atom is 0.293 e. The summed E-state index contributed by atoms with van der Waals surface area (Å²) in [6.45, 7) is 0.348. The van der Waals surface area contributed by atoms with Gasteiger partial charge in [0.05, 0.1) is 22.2 Å². The van der Waals surface area contributed by atoms with E-state index in [1.165, 1.54) is 30.5 Å². The number of halogens is 1. The second kappa shape index (κ2) is 8.44. The molecule has 0 radical (unpaired) electrons. The van der Waals surface area contributed by atoms with Gasteiger partial charge in [0, 0.05) is 18.3 Å². The van der Waals surface area contributed by atoms with E-state index in [1.807, 2.05) is 0 Å². The van der Waals surface area contributed by atoms with Gasteiger partial charge < -0.3 is 5.11 Å². The summed E-state index contributed by atoms with van der Waals surface area (Å²) in [6.07, 6.45) is 3.08. The van der Waals surface area contributed by atoms with Crippen molar-refractivity contribution in [3.8, 4) is 5.75 Å². The molecular weight excluding hydrogens is 430 g/mol. The minimum Gasteiger partial charge on any atom is -0.508 e. The molecule has 0 atom stereocenters. The summed E-state index contributed by atoms with van der Waals surface area (Å²) in [5.74, 6) is -0.354. The van der Waals surface area contributed by atoms with Crippen LogP contribution in [0.3, 0.4) is 0 Å². The third-order valence-electron chi connectivity index (χ3n) is 3.70. The standard InChI is InChI=1S/C18H14BrN5O4/c19-16-11-23(10-13-1-5-14(6-2-13)24(27)28)22-17(16)18(26)21-20-9-12-3-7-15(25)8-4-12/h1-9,11,25H,10H2,(H,21,26)/b20-9-. The first-order valence-electron chi connectivity index (χ1n) is 8.01. The number of nitrogens with one attached hydrogen (secondary N) is 1. The van der Waals surface area contributed by atoms with Crippen molar-refractivity contribution in [2.45, 2.75) is 6.54 Å². The van der Waals surface area contributed by atoms with Gasteiger partial charge in [-0.05, 0) is 51.3 Å². The van der Waals surface area contributed by atoms with Crippen LogP contribution in [0.5, 0.6) is 5.75 Å². The number of nitrogens with zero attached hydrogens (tertiary/aromatic N) is 4. The number of hydrogen-bond acceptors (Lipinski definition) is 6. The van der Waals surface area contributed by atoms with Crippen LogP contribution in [0.25, 0.3) is 0 Å². The summed E-state index contributed by atoms with van der Waals surface area (Å²) in [5.41, 5.74) is 4.07. The number of hydrazone groups is 1. The molecule has 1 aromatic heterocycles. The molecule has 10 heteroatoms. The fraction of sp³-hybridized carbons (Fsp3) is 0.0556. The van der Waals surface area contributed by atoms with Crippen LogP contribution < -0.4 is 5.43 Å². The second-order valence-electron chi connectivity index (χ2n) is 5.74. The summed E-state index contributed by atoms with van der Waals surface area (Å²) in [5, 5.41) is 28.0. The number of carbonyl (C=O) groups excluding carboxylic acids is 1. The van der Waals surface area contributed by atoms with Crippen LogP contribution in [0.1, 0.15) is 21.6 Å². The lowest BCUT2D eigenvalue weighted by molar-refractivity contribution is -0.384. The molecular formula is C18H14BrN5O4. The molecule has 2 N–H and O–H groups in total. The molecule has 0 fully saturated rings. The Bertz CT molecular complexity index is 1030. The molecule has 1 amide bonds. The van der Waals surface area contributed by atoms with E-state index in [-0.39, 0.29) is 17.1 Å². The maximum absolute atomic E-state index is 12.2. The summed E-state index contributed by atoms with van der Waals surface area (Å²) in [4.78, 5) is 22.5. The number of phenols is 1. The van der Waals surface area contributed by atoms with E-state index in [0.717, 1.165) is 5.56 Å². The van der Waals surface area contributed by atoms with E-state index < -0.39 is 10.8 Å². The van der Waals surface area contributed by atoms with Gasteiger partial charge in [-0.25, -0.2) is 5.43 Å². The molecule has 1 heterocycles. The fourth-order valence-corrected chi connectivity index (χ4v) is 2.82. The van der Waals surface area contributed by atoms with Gasteiger partial charge in [-0.2, -0.15) is 10.2 Å². The largest absolute Gasteiger partial charge is 0.508 e. The van der Waals surface area contributed by atoms with Gasteiger partial charge in [0.25, 0.3) is 11.6 Å². The van der Waals surface area contributed by atoms with Crippen molar-refractivity contribution in [1.82, 2.24) is 15.2 Å². The highest BCUT2D eigenvalue weighted by atomic mass is 79.9. The summed E-state index contributed by atoms with van der Waals surface area (Å²) in [6, 6.07) is 12.4. The zero-order valence-corrected chi connectivity index (χ0v) is 15.9. The van der Waals surface area contributed by atoms with Crippen molar-refractivity contribution >= 4 is 33.7 Å². The first-order valence-corrected chi connectivity index (χ1v) is 8.80. The van der Waals surface area contributed by atoms with Gasteiger partial charge in [-0.1, -0.05) is 12.1 Å². The van der Waals surface area contributed by atoms with Crippen molar-refractivity contribution in [2.75, 3.05) is 0 Å². The third kappa shape index (κ3) is 4.80. The highest BCUT2D eigenvalue weighted by molar-refractivity contribution is 9.10. The Balaban J connectivity index is 1.64. The number of aromatic hydroxyl groups is 1. The highest BCUT2D eigenvalue weighted by Gasteiger charge is 2.15. The predicted molar refractivity (Wildman–Crippen MR) is 105 cm³/mol. The first-order chi connectivity index (χ1) is 13.4. The quantitative estimate of drug-likeness (QED) is 0.344. The molecule has 0 spiro atoms. The molecule has 0 unspecified atom stereocenters. The van der Waals surface area contributed by atoms with Gasteiger partial charge in [0.2, 0.25) is 0 Å². The maximum atomic E-state index is 12.2. The first kappa shape index (κ1) is 19.2. The van der Waals surface area contributed by atoms with Gasteiger partial charge in [0.15, 0.2) is 5.69 Å². The zero-order chi connectivity index (χ0) is 20.1. The molecule has 0 saturated carbocycles. The molecule has 142 valence electrons. The number of nitro groups is 1. The Morgan fingerprint density at radius 2 is 1.93 bits per heavy atom. The fourth-order valence-electron chi connectivity index (χ4n) is 2.32. The third-order valence-corrected chi connectivity index (χ3v) is 4.28. The highest BCUT2D eigenvalue weighted by Crippen LogP contribution is 2.17. The van der Waals surface area contributed by atoms with Gasteiger partial charge >= 0.3 is 0 Å². The van der Waals surface area contributed by atoms with Gasteiger partial charge in [-0.15, -0.1) is 0 Å². The molecule has 0 bridgehead atoms. The number of hydrogen-bond donors (Lipinski definition) is 2. The number of non-ortho nitro benzene ring substituents is 1. The van der Waals surface area contributed by atoms with E-state index >= 15 is 0 Å². The summed E-state index contributed by atoms with van der Waals surface area (Å²) < 4.78 is 2.04. The predicted octanol–water partition coefficient (Wildman–Crippen LogP) is 3.07. The molecule has 0 saturated heterocycles. The topological polar surface area (TPSA) is 123 Å². The Kier molecular flexibility index (Phi) is 5.80. The SMILES string of the molecule is O=C(N/N=C\c1ccc(O)cc1)c1nn(Cc2ccc([N+](=O)[O-])cc2)cc1Br. The van der Waals surface area contributed by atoms with Crippen LogP contribution in [0, 0.1) is 10.1 Å². The van der Waals surface area contributed by atoms with Crippen molar-refractivity contribution in [1.29, 1.82) is 0 Å². The number of nitro benzene ring substituents is 1. The Morgan fingerprint density at radius 1 is 1.25 bits per heavy atom. The van der Waals surface area contributed by atoms with Crippen molar-refractivity contribution in [3.63, 3.8) is 0 Å². The molecule has 3 aromatic rings. The van der Waals surface area contributed by atoms with E-state index in [9.17, 15) is 20.0 Å². The monoisotopic (exact) mass is 443 g/mol. The smallest absolute Gasteiger partial charge is 0.293 e. The molecule has 2 aromatic carbocycles. The van der Waals surface area contributed by atoms with Crippen LogP contribution in [-0.2, 0) is 6.54 Å². The van der Waals surface area contributed by atoms with E-state index in [1.54, 1.807) is 35.1 Å². The molecule has 28 heavy (non-hydrogen) atoms. The van der Waals surface area contributed by atoms with Crippen LogP contribution >= 0.6 is 15.9 Å². The Labute approximate surface area is 167 Å². The lowest BCUT2D eigenvalue weighted by atomic mass is 10.2. The zero-order valence-electron chi connectivity index (χ0n) is 14.3. The Morgan fingerprint density at radius 3 is 2.57 bits per heavy atom. The minimum atomic E-state index is -0.496. The molecule has 9 nitrogen and oxygen atoms in total. The average molecular weight is 444 g/mol. The van der Waals surface area contributed by atoms with E-state index in [2.05, 4.69) is 31.6 Å². The summed E-state index contributed by atoms with van der Waals surface area (Å²) >= 11 is 3.29. The van der Waals surface area contributed by atoms with Crippen LogP contribution in [0.15, 0.2) is 64.3 Å². The molecule has 0 aliphatic rings. The minimum absolute atomic E-state index is 0.0111. The van der Waals surface area contributed by atoms with Crippen molar-refractivity contribution in [3.05, 3.63) is 86.1 Å². The molecule has 0 aliphatic heterocycles. The lowest BCUT2D eigenvalue weighted by Crippen LogP contribution is -2.19. The number of carbonyl (C=O) groups is 1. The molecule has 0 aliphatic carbocycles. The van der Waals surface area contributed by atoms with Crippen molar-refractivity contribution in [2.24, 2.45) is 5.10 Å². The van der Waals surface area contributed by atoms with Crippen molar-refractivity contribution < 1.29 is 14.8 Å². The molecule has 3 rings (SSSR count). The van der Waals surface area contributed by atoms with Gasteiger partial charge in [-0.3, -0.25) is 19.6 Å². The number of amides is 1. The lowest BCUT2D eigenvalue weighted by Gasteiger charge is -2.01. The van der Waals surface area contributed by atoms with Gasteiger partial charge in [0.1, 0.15) is 5.75 Å². The second-order valence-corrected chi connectivity index (χ2v) is 6.59. The van der Waals surface area contributed by atoms with Crippen LogP contribution in [0.4, 0.5) is 5.69 Å². The number of phenolic OH excluding ortho intramolecular Hbond substituents is 1. The number of benzene rings is 2. The Hall–Kier alpha value is -3.53. The van der Waals surface area contributed by atoms with E-state index in [4.69, 9.17) is 0 Å². The number of aromatic nitrogens is 2. The van der Waals surface area contributed by atoms with Crippen LogP contribution in [0.2, 0.25) is 0 Å². The van der Waals surface area contributed by atoms with E-state index in [0.29, 0.717) is 16.6 Å². The summed E-state index contributed by atoms with van der Waals surface area (Å²) in [7, 11) is 0. The average Bonchev–Trinajstić information content (AvgIpc) is 3.04. The van der Waals surface area contributed by atoms with Crippen LogP contribution in [-0.4, -0.2) is 31.9 Å².